The van der Waals surface area contributed by atoms with Crippen LogP contribution in [0.3, 0.4) is 0 Å². The monoisotopic (exact) mass is 396 g/mol. The van der Waals surface area contributed by atoms with E-state index < -0.39 is 24.4 Å². The minimum Gasteiger partial charge on any atom is -0.378 e. The molecule has 0 spiro atoms. The van der Waals surface area contributed by atoms with Gasteiger partial charge in [0.1, 0.15) is 18.3 Å². The van der Waals surface area contributed by atoms with E-state index in [0.717, 1.165) is 11.1 Å². The lowest BCUT2D eigenvalue weighted by Gasteiger charge is -2.40. The Labute approximate surface area is 172 Å². The molecule has 1 aliphatic rings. The number of hydrogen-bond donors (Lipinski definition) is 0. The first kappa shape index (κ1) is 21.4. The summed E-state index contributed by atoms with van der Waals surface area (Å²) in [7, 11) is 1.59. The van der Waals surface area contributed by atoms with Gasteiger partial charge in [-0.05, 0) is 11.1 Å². The Balaban J connectivity index is 1.79. The van der Waals surface area contributed by atoms with Crippen LogP contribution in [0.2, 0.25) is 0 Å². The SMILES string of the molecule is C=CCO[C@@H]1C(=O)C[C@H](OC)[C@H](OCc2ccccc2)[C@H]1OCc1ccccc1. The van der Waals surface area contributed by atoms with Crippen molar-refractivity contribution in [3.8, 4) is 0 Å². The van der Waals surface area contributed by atoms with Crippen molar-refractivity contribution in [3.05, 3.63) is 84.4 Å². The van der Waals surface area contributed by atoms with E-state index >= 15 is 0 Å². The van der Waals surface area contributed by atoms with E-state index in [1.807, 2.05) is 60.7 Å². The molecule has 0 amide bonds. The molecule has 2 aromatic rings. The Morgan fingerprint density at radius 2 is 1.45 bits per heavy atom. The van der Waals surface area contributed by atoms with Gasteiger partial charge in [0.15, 0.2) is 5.78 Å². The van der Waals surface area contributed by atoms with Gasteiger partial charge in [0.05, 0.1) is 25.9 Å². The van der Waals surface area contributed by atoms with Gasteiger partial charge in [-0.1, -0.05) is 66.7 Å². The van der Waals surface area contributed by atoms with Gasteiger partial charge in [-0.25, -0.2) is 0 Å². The van der Waals surface area contributed by atoms with Gasteiger partial charge < -0.3 is 18.9 Å². The van der Waals surface area contributed by atoms with Gasteiger partial charge in [-0.2, -0.15) is 0 Å². The maximum Gasteiger partial charge on any atom is 0.167 e. The zero-order valence-electron chi connectivity index (χ0n) is 16.7. The second kappa shape index (κ2) is 11.0. The molecule has 0 N–H and O–H groups in total. The Morgan fingerprint density at radius 1 is 0.897 bits per heavy atom. The maximum atomic E-state index is 12.7. The molecule has 1 aliphatic carbocycles. The molecule has 2 aromatic carbocycles. The van der Waals surface area contributed by atoms with Crippen molar-refractivity contribution in [3.63, 3.8) is 0 Å². The van der Waals surface area contributed by atoms with Crippen LogP contribution < -0.4 is 0 Å². The van der Waals surface area contributed by atoms with Gasteiger partial charge in [-0.3, -0.25) is 4.79 Å². The highest BCUT2D eigenvalue weighted by molar-refractivity contribution is 5.85. The van der Waals surface area contributed by atoms with Crippen molar-refractivity contribution in [2.75, 3.05) is 13.7 Å². The summed E-state index contributed by atoms with van der Waals surface area (Å²) in [4.78, 5) is 12.7. The minimum atomic E-state index is -0.719. The van der Waals surface area contributed by atoms with Gasteiger partial charge in [0.2, 0.25) is 0 Å². The molecule has 0 aliphatic heterocycles. The normalized spacial score (nSPS) is 24.4. The van der Waals surface area contributed by atoms with E-state index in [0.29, 0.717) is 13.2 Å². The Hall–Kier alpha value is -2.31. The molecule has 0 heterocycles. The predicted molar refractivity (Wildman–Crippen MR) is 110 cm³/mol. The smallest absolute Gasteiger partial charge is 0.167 e. The summed E-state index contributed by atoms with van der Waals surface area (Å²) < 4.78 is 23.8. The van der Waals surface area contributed by atoms with E-state index in [4.69, 9.17) is 18.9 Å². The third-order valence-corrected chi connectivity index (χ3v) is 4.98. The number of ether oxygens (including phenoxy) is 4. The summed E-state index contributed by atoms with van der Waals surface area (Å²) in [6.07, 6.45) is -0.270. The predicted octanol–water partition coefficient (Wildman–Crippen LogP) is 3.72. The van der Waals surface area contributed by atoms with Crippen molar-refractivity contribution in [1.29, 1.82) is 0 Å². The molecule has 29 heavy (non-hydrogen) atoms. The quantitative estimate of drug-likeness (QED) is 0.573. The highest BCUT2D eigenvalue weighted by atomic mass is 16.6. The topological polar surface area (TPSA) is 54.0 Å². The lowest BCUT2D eigenvalue weighted by atomic mass is 9.87. The van der Waals surface area contributed by atoms with Crippen LogP contribution in [0.5, 0.6) is 0 Å². The number of benzene rings is 2. The highest BCUT2D eigenvalue weighted by Gasteiger charge is 2.46. The van der Waals surface area contributed by atoms with Crippen LogP contribution in [0.4, 0.5) is 0 Å². The van der Waals surface area contributed by atoms with Crippen LogP contribution in [0.1, 0.15) is 17.5 Å². The molecular weight excluding hydrogens is 368 g/mol. The summed E-state index contributed by atoms with van der Waals surface area (Å²) in [6, 6.07) is 19.7. The second-order valence-corrected chi connectivity index (χ2v) is 7.01. The number of methoxy groups -OCH3 is 1. The standard InChI is InChI=1S/C24H28O5/c1-3-14-27-22-20(25)15-21(26-2)23(28-16-18-10-6-4-7-11-18)24(22)29-17-19-12-8-5-9-13-19/h3-13,21-24H,1,14-17H2,2H3/t21-,22+,23-,24-/m0/s1. The average Bonchev–Trinajstić information content (AvgIpc) is 2.77. The zero-order valence-corrected chi connectivity index (χ0v) is 16.7. The van der Waals surface area contributed by atoms with Crippen LogP contribution in [0, 0.1) is 0 Å². The van der Waals surface area contributed by atoms with Crippen LogP contribution in [-0.4, -0.2) is 43.9 Å². The first-order valence-electron chi connectivity index (χ1n) is 9.82. The molecule has 5 heteroatoms. The lowest BCUT2D eigenvalue weighted by molar-refractivity contribution is -0.201. The van der Waals surface area contributed by atoms with Crippen molar-refractivity contribution < 1.29 is 23.7 Å². The fraction of sp³-hybridized carbons (Fsp3) is 0.375. The number of carbonyl (C=O) groups excluding carboxylic acids is 1. The number of carbonyl (C=O) groups is 1. The van der Waals surface area contributed by atoms with Crippen molar-refractivity contribution in [2.45, 2.75) is 44.1 Å². The highest BCUT2D eigenvalue weighted by Crippen LogP contribution is 2.28. The maximum absolute atomic E-state index is 12.7. The van der Waals surface area contributed by atoms with Gasteiger partial charge in [0.25, 0.3) is 0 Å². The van der Waals surface area contributed by atoms with Crippen LogP contribution >= 0.6 is 0 Å². The summed E-state index contributed by atoms with van der Waals surface area (Å²) in [6.45, 7) is 4.71. The van der Waals surface area contributed by atoms with Crippen molar-refractivity contribution in [1.82, 2.24) is 0 Å². The molecule has 0 radical (unpaired) electrons. The summed E-state index contributed by atoms with van der Waals surface area (Å²) in [5.74, 6) is -0.0451. The number of hydrogen-bond acceptors (Lipinski definition) is 5. The fourth-order valence-electron chi connectivity index (χ4n) is 3.49. The first-order valence-corrected chi connectivity index (χ1v) is 9.82. The molecule has 3 rings (SSSR count). The van der Waals surface area contributed by atoms with E-state index in [2.05, 4.69) is 6.58 Å². The lowest BCUT2D eigenvalue weighted by Crippen LogP contribution is -2.57. The summed E-state index contributed by atoms with van der Waals surface area (Å²) >= 11 is 0. The summed E-state index contributed by atoms with van der Waals surface area (Å²) in [5, 5.41) is 0. The van der Waals surface area contributed by atoms with Crippen LogP contribution in [0.15, 0.2) is 73.3 Å². The molecule has 4 atom stereocenters. The van der Waals surface area contributed by atoms with Crippen LogP contribution in [0.25, 0.3) is 0 Å². The molecule has 5 nitrogen and oxygen atoms in total. The summed E-state index contributed by atoms with van der Waals surface area (Å²) in [5.41, 5.74) is 2.06. The zero-order chi connectivity index (χ0) is 20.5. The molecule has 0 unspecified atom stereocenters. The number of ketones is 1. The van der Waals surface area contributed by atoms with E-state index in [1.54, 1.807) is 13.2 Å². The molecule has 154 valence electrons. The Kier molecular flexibility index (Phi) is 8.14. The second-order valence-electron chi connectivity index (χ2n) is 7.01. The van der Waals surface area contributed by atoms with Crippen molar-refractivity contribution in [2.24, 2.45) is 0 Å². The van der Waals surface area contributed by atoms with Crippen molar-refractivity contribution >= 4 is 5.78 Å². The fourth-order valence-corrected chi connectivity index (χ4v) is 3.49. The molecule has 1 fully saturated rings. The molecule has 0 bridgehead atoms. The van der Waals surface area contributed by atoms with E-state index in [1.165, 1.54) is 0 Å². The molecule has 0 aromatic heterocycles. The third kappa shape index (κ3) is 5.84. The van der Waals surface area contributed by atoms with Gasteiger partial charge >= 0.3 is 0 Å². The Bertz CT molecular complexity index is 761. The first-order chi connectivity index (χ1) is 14.2. The van der Waals surface area contributed by atoms with E-state index in [-0.39, 0.29) is 18.8 Å². The average molecular weight is 396 g/mol. The number of rotatable bonds is 10. The minimum absolute atomic E-state index is 0.0451. The van der Waals surface area contributed by atoms with Gasteiger partial charge in [-0.15, -0.1) is 6.58 Å². The third-order valence-electron chi connectivity index (χ3n) is 4.98. The van der Waals surface area contributed by atoms with E-state index in [9.17, 15) is 4.79 Å². The largest absolute Gasteiger partial charge is 0.378 e. The van der Waals surface area contributed by atoms with Gasteiger partial charge in [0, 0.05) is 13.5 Å². The Morgan fingerprint density at radius 3 is 1.97 bits per heavy atom. The molecule has 0 saturated heterocycles. The van der Waals surface area contributed by atoms with Crippen LogP contribution in [-0.2, 0) is 37.0 Å². The molecule has 1 saturated carbocycles. The number of Topliss-reactive ketones (excluding diaryl/α,β-unsaturated/α-hetero) is 1. The molecular formula is C24H28O5.